The Hall–Kier alpha value is -2.63. The monoisotopic (exact) mass is 262 g/mol. The van der Waals surface area contributed by atoms with Crippen LogP contribution in [-0.2, 0) is 14.4 Å². The van der Waals surface area contributed by atoms with Crippen molar-refractivity contribution in [3.05, 3.63) is 35.9 Å². The number of anilines is 2. The topological polar surface area (TPSA) is 95.5 Å². The minimum absolute atomic E-state index is 0.0958. The van der Waals surface area contributed by atoms with E-state index in [0.717, 1.165) is 6.08 Å². The van der Waals surface area contributed by atoms with Crippen molar-refractivity contribution in [1.29, 1.82) is 0 Å². The molecule has 0 saturated carbocycles. The van der Waals surface area contributed by atoms with Crippen molar-refractivity contribution >= 4 is 29.2 Å². The highest BCUT2D eigenvalue weighted by molar-refractivity contribution is 6.06. The van der Waals surface area contributed by atoms with E-state index in [0.29, 0.717) is 11.4 Å². The number of carbonyl (C=O) groups is 3. The van der Waals surface area contributed by atoms with Gasteiger partial charge in [0.2, 0.25) is 5.91 Å². The van der Waals surface area contributed by atoms with E-state index in [2.05, 4.69) is 10.6 Å². The predicted molar refractivity (Wildman–Crippen MR) is 70.8 cm³/mol. The van der Waals surface area contributed by atoms with Gasteiger partial charge in [0.25, 0.3) is 5.91 Å². The average Bonchev–Trinajstić information content (AvgIpc) is 2.30. The Bertz CT molecular complexity index is 532. The van der Waals surface area contributed by atoms with E-state index in [9.17, 15) is 14.4 Å². The maximum atomic E-state index is 11.6. The van der Waals surface area contributed by atoms with Gasteiger partial charge < -0.3 is 15.7 Å². The second-order valence-corrected chi connectivity index (χ2v) is 3.88. The molecule has 19 heavy (non-hydrogen) atoms. The molecular weight excluding hydrogens is 248 g/mol. The SMILES string of the molecule is CC(=O)Nc1ccc(NC(=O)/C(C)=C\C(=O)O)cc1. The first-order valence-electron chi connectivity index (χ1n) is 5.48. The zero-order valence-corrected chi connectivity index (χ0v) is 10.6. The van der Waals surface area contributed by atoms with Crippen molar-refractivity contribution in [2.45, 2.75) is 13.8 Å². The quantitative estimate of drug-likeness (QED) is 0.718. The highest BCUT2D eigenvalue weighted by Gasteiger charge is 2.06. The van der Waals surface area contributed by atoms with Crippen LogP contribution in [0.2, 0.25) is 0 Å². The van der Waals surface area contributed by atoms with Gasteiger partial charge in [-0.2, -0.15) is 0 Å². The highest BCUT2D eigenvalue weighted by atomic mass is 16.4. The normalized spacial score (nSPS) is 10.7. The second kappa shape index (κ2) is 6.34. The van der Waals surface area contributed by atoms with Gasteiger partial charge in [0, 0.05) is 29.9 Å². The number of hydrogen-bond acceptors (Lipinski definition) is 3. The lowest BCUT2D eigenvalue weighted by atomic mass is 10.2. The largest absolute Gasteiger partial charge is 0.478 e. The molecular formula is C13H14N2O4. The van der Waals surface area contributed by atoms with Crippen molar-refractivity contribution in [3.8, 4) is 0 Å². The Morgan fingerprint density at radius 1 is 1.00 bits per heavy atom. The maximum Gasteiger partial charge on any atom is 0.328 e. The third kappa shape index (κ3) is 5.03. The van der Waals surface area contributed by atoms with E-state index in [1.165, 1.54) is 13.8 Å². The molecule has 3 N–H and O–H groups in total. The number of amides is 2. The van der Waals surface area contributed by atoms with Crippen molar-refractivity contribution in [1.82, 2.24) is 0 Å². The molecule has 0 atom stereocenters. The molecule has 1 aromatic carbocycles. The number of hydrogen-bond donors (Lipinski definition) is 3. The van der Waals surface area contributed by atoms with Gasteiger partial charge in [-0.15, -0.1) is 0 Å². The summed E-state index contributed by atoms with van der Waals surface area (Å²) in [5.74, 6) is -1.85. The molecule has 0 aliphatic carbocycles. The van der Waals surface area contributed by atoms with Crippen LogP contribution in [-0.4, -0.2) is 22.9 Å². The highest BCUT2D eigenvalue weighted by Crippen LogP contribution is 2.14. The van der Waals surface area contributed by atoms with E-state index in [4.69, 9.17) is 5.11 Å². The molecule has 0 fully saturated rings. The molecule has 0 unspecified atom stereocenters. The lowest BCUT2D eigenvalue weighted by Crippen LogP contribution is -2.13. The van der Waals surface area contributed by atoms with E-state index in [-0.39, 0.29) is 11.5 Å². The molecule has 6 heteroatoms. The molecule has 6 nitrogen and oxygen atoms in total. The van der Waals surface area contributed by atoms with Gasteiger partial charge in [-0.1, -0.05) is 0 Å². The summed E-state index contributed by atoms with van der Waals surface area (Å²) >= 11 is 0. The van der Waals surface area contributed by atoms with E-state index in [1.54, 1.807) is 24.3 Å². The summed E-state index contributed by atoms with van der Waals surface area (Å²) in [6.45, 7) is 2.81. The molecule has 2 amide bonds. The fraction of sp³-hybridized carbons (Fsp3) is 0.154. The summed E-state index contributed by atoms with van der Waals surface area (Å²) in [6.07, 6.45) is 0.834. The number of nitrogens with one attached hydrogen (secondary N) is 2. The van der Waals surface area contributed by atoms with Gasteiger partial charge in [0.15, 0.2) is 0 Å². The van der Waals surface area contributed by atoms with Gasteiger partial charge in [0.05, 0.1) is 0 Å². The molecule has 0 aliphatic rings. The number of aliphatic carboxylic acids is 1. The van der Waals surface area contributed by atoms with Gasteiger partial charge in [-0.3, -0.25) is 9.59 Å². The van der Waals surface area contributed by atoms with Crippen LogP contribution < -0.4 is 10.6 Å². The zero-order chi connectivity index (χ0) is 14.4. The van der Waals surface area contributed by atoms with E-state index < -0.39 is 11.9 Å². The summed E-state index contributed by atoms with van der Waals surface area (Å²) < 4.78 is 0. The van der Waals surface area contributed by atoms with E-state index in [1.807, 2.05) is 0 Å². The first-order valence-corrected chi connectivity index (χ1v) is 5.48. The van der Waals surface area contributed by atoms with E-state index >= 15 is 0 Å². The lowest BCUT2D eigenvalue weighted by Gasteiger charge is -2.06. The fourth-order valence-electron chi connectivity index (χ4n) is 1.32. The Balaban J connectivity index is 2.70. The molecule has 1 rings (SSSR count). The summed E-state index contributed by atoms with van der Waals surface area (Å²) in [7, 11) is 0. The third-order valence-corrected chi connectivity index (χ3v) is 2.16. The minimum Gasteiger partial charge on any atom is -0.478 e. The molecule has 100 valence electrons. The third-order valence-electron chi connectivity index (χ3n) is 2.16. The number of rotatable bonds is 4. The standard InChI is InChI=1S/C13H14N2O4/c1-8(7-12(17)18)13(19)15-11-5-3-10(4-6-11)14-9(2)16/h3-7H,1-2H3,(H,14,16)(H,15,19)(H,17,18)/b8-7-. The summed E-state index contributed by atoms with van der Waals surface area (Å²) in [5.41, 5.74) is 1.22. The lowest BCUT2D eigenvalue weighted by molar-refractivity contribution is -0.131. The van der Waals surface area contributed by atoms with Crippen LogP contribution in [0.1, 0.15) is 13.8 Å². The van der Waals surface area contributed by atoms with Crippen LogP contribution in [0.15, 0.2) is 35.9 Å². The zero-order valence-electron chi connectivity index (χ0n) is 10.6. The molecule has 1 aromatic rings. The summed E-state index contributed by atoms with van der Waals surface area (Å²) in [4.78, 5) is 32.8. The molecule has 0 bridgehead atoms. The van der Waals surface area contributed by atoms with Crippen LogP contribution in [0, 0.1) is 0 Å². The molecule has 0 spiro atoms. The number of benzene rings is 1. The first kappa shape index (κ1) is 14.4. The Morgan fingerprint density at radius 2 is 1.47 bits per heavy atom. The Morgan fingerprint density at radius 3 is 1.89 bits per heavy atom. The predicted octanol–water partition coefficient (Wildman–Crippen LogP) is 1.61. The van der Waals surface area contributed by atoms with Crippen LogP contribution in [0.4, 0.5) is 11.4 Å². The molecule has 0 heterocycles. The number of carboxylic acid groups (broad SMARTS) is 1. The van der Waals surface area contributed by atoms with Crippen LogP contribution in [0.3, 0.4) is 0 Å². The smallest absolute Gasteiger partial charge is 0.328 e. The van der Waals surface area contributed by atoms with Crippen LogP contribution >= 0.6 is 0 Å². The van der Waals surface area contributed by atoms with Crippen molar-refractivity contribution in [2.75, 3.05) is 10.6 Å². The van der Waals surface area contributed by atoms with Crippen molar-refractivity contribution in [2.24, 2.45) is 0 Å². The van der Waals surface area contributed by atoms with Gasteiger partial charge >= 0.3 is 5.97 Å². The molecule has 0 saturated heterocycles. The Kier molecular flexibility index (Phi) is 4.82. The molecule has 0 aromatic heterocycles. The fourth-order valence-corrected chi connectivity index (χ4v) is 1.32. The van der Waals surface area contributed by atoms with Gasteiger partial charge in [0.1, 0.15) is 0 Å². The summed E-state index contributed by atoms with van der Waals surface area (Å²) in [5, 5.41) is 13.7. The van der Waals surface area contributed by atoms with Gasteiger partial charge in [-0.25, -0.2) is 4.79 Å². The van der Waals surface area contributed by atoms with Gasteiger partial charge in [-0.05, 0) is 31.2 Å². The minimum atomic E-state index is -1.17. The molecule has 0 radical (unpaired) electrons. The Labute approximate surface area is 110 Å². The van der Waals surface area contributed by atoms with Crippen molar-refractivity contribution in [3.63, 3.8) is 0 Å². The second-order valence-electron chi connectivity index (χ2n) is 3.88. The maximum absolute atomic E-state index is 11.6. The summed E-state index contributed by atoms with van der Waals surface area (Å²) in [6, 6.07) is 6.48. The number of carboxylic acids is 1. The van der Waals surface area contributed by atoms with Crippen LogP contribution in [0.5, 0.6) is 0 Å². The first-order chi connectivity index (χ1) is 8.88. The average molecular weight is 262 g/mol. The molecule has 0 aliphatic heterocycles. The van der Waals surface area contributed by atoms with Crippen molar-refractivity contribution < 1.29 is 19.5 Å². The van der Waals surface area contributed by atoms with Crippen LogP contribution in [0.25, 0.3) is 0 Å². The number of carbonyl (C=O) groups excluding carboxylic acids is 2.